The van der Waals surface area contributed by atoms with Crippen molar-refractivity contribution in [1.29, 1.82) is 0 Å². The van der Waals surface area contributed by atoms with Crippen LogP contribution in [0.2, 0.25) is 0 Å². The Morgan fingerprint density at radius 3 is 2.95 bits per heavy atom. The van der Waals surface area contributed by atoms with Crippen LogP contribution in [0, 0.1) is 0 Å². The van der Waals surface area contributed by atoms with Crippen molar-refractivity contribution in [3.8, 4) is 5.75 Å². The zero-order valence-corrected chi connectivity index (χ0v) is 10.6. The number of hydrogen-bond donors (Lipinski definition) is 2. The highest BCUT2D eigenvalue weighted by atomic mass is 16.5. The van der Waals surface area contributed by atoms with E-state index in [1.54, 1.807) is 6.20 Å². The molecule has 0 saturated heterocycles. The summed E-state index contributed by atoms with van der Waals surface area (Å²) in [5, 5.41) is 0. The van der Waals surface area contributed by atoms with Crippen LogP contribution in [0.15, 0.2) is 42.6 Å². The summed E-state index contributed by atoms with van der Waals surface area (Å²) in [7, 11) is 0. The lowest BCUT2D eigenvalue weighted by molar-refractivity contribution is 0.198. The zero-order chi connectivity index (χ0) is 13.2. The molecule has 2 atom stereocenters. The van der Waals surface area contributed by atoms with Gasteiger partial charge in [-0.2, -0.15) is 0 Å². The molecule has 4 N–H and O–H groups in total. The van der Waals surface area contributed by atoms with Crippen LogP contribution >= 0.6 is 0 Å². The topological polar surface area (TPSA) is 74.2 Å². The van der Waals surface area contributed by atoms with E-state index in [2.05, 4.69) is 11.1 Å². The molecule has 0 bridgehead atoms. The second-order valence-corrected chi connectivity index (χ2v) is 4.93. The minimum absolute atomic E-state index is 0.0341. The molecule has 0 amide bonds. The molecule has 0 fully saturated rings. The highest BCUT2D eigenvalue weighted by molar-refractivity contribution is 5.38. The van der Waals surface area contributed by atoms with Gasteiger partial charge in [-0.05, 0) is 35.7 Å². The number of fused-ring (bicyclic) bond motifs is 1. The molecule has 0 aliphatic carbocycles. The first-order chi connectivity index (χ1) is 9.22. The average molecular weight is 255 g/mol. The number of benzene rings is 1. The number of pyridine rings is 1. The minimum atomic E-state index is -0.0470. The summed E-state index contributed by atoms with van der Waals surface area (Å²) < 4.78 is 5.90. The Hall–Kier alpha value is -2.07. The number of ether oxygens (including phenoxy) is 1. The van der Waals surface area contributed by atoms with E-state index in [1.165, 1.54) is 5.56 Å². The van der Waals surface area contributed by atoms with Crippen molar-refractivity contribution in [2.75, 3.05) is 5.73 Å². The van der Waals surface area contributed by atoms with Crippen LogP contribution in [0.1, 0.15) is 11.1 Å². The van der Waals surface area contributed by atoms with E-state index in [9.17, 15) is 0 Å². The molecule has 0 radical (unpaired) electrons. The molecular weight excluding hydrogens is 238 g/mol. The number of rotatable bonds is 3. The molecule has 0 spiro atoms. The standard InChI is InChI=1S/C15H17N3O/c16-12(7-10-5-6-18-15(17)8-10)14-9-11-3-1-2-4-13(11)19-14/h1-6,8,12,14H,7,9,16H2,(H2,17,18). The number of nitrogen functional groups attached to an aromatic ring is 1. The van der Waals surface area contributed by atoms with Crippen molar-refractivity contribution < 1.29 is 4.74 Å². The van der Waals surface area contributed by atoms with Gasteiger partial charge in [-0.25, -0.2) is 4.98 Å². The second kappa shape index (κ2) is 4.90. The van der Waals surface area contributed by atoms with Crippen LogP contribution < -0.4 is 16.2 Å². The normalized spacial score (nSPS) is 18.7. The Labute approximate surface area is 112 Å². The lowest BCUT2D eigenvalue weighted by Gasteiger charge is -2.19. The number of anilines is 1. The maximum absolute atomic E-state index is 6.25. The molecule has 4 nitrogen and oxygen atoms in total. The molecule has 19 heavy (non-hydrogen) atoms. The third-order valence-corrected chi connectivity index (χ3v) is 3.47. The quantitative estimate of drug-likeness (QED) is 0.872. The third kappa shape index (κ3) is 2.53. The Bertz CT molecular complexity index is 560. The molecule has 98 valence electrons. The van der Waals surface area contributed by atoms with E-state index in [1.807, 2.05) is 30.3 Å². The minimum Gasteiger partial charge on any atom is -0.488 e. The van der Waals surface area contributed by atoms with E-state index in [-0.39, 0.29) is 12.1 Å². The largest absolute Gasteiger partial charge is 0.488 e. The summed E-state index contributed by atoms with van der Waals surface area (Å²) in [4.78, 5) is 3.98. The summed E-state index contributed by atoms with van der Waals surface area (Å²) in [6.07, 6.45) is 3.36. The monoisotopic (exact) mass is 255 g/mol. The maximum atomic E-state index is 6.25. The molecule has 2 unspecified atom stereocenters. The predicted molar refractivity (Wildman–Crippen MR) is 74.9 cm³/mol. The SMILES string of the molecule is Nc1cc(CC(N)C2Cc3ccccc3O2)ccn1. The van der Waals surface area contributed by atoms with Gasteiger partial charge in [0.1, 0.15) is 17.7 Å². The van der Waals surface area contributed by atoms with Crippen LogP contribution in [-0.2, 0) is 12.8 Å². The molecule has 2 heterocycles. The Kier molecular flexibility index (Phi) is 3.09. The summed E-state index contributed by atoms with van der Waals surface area (Å²) in [6.45, 7) is 0. The number of aromatic nitrogens is 1. The van der Waals surface area contributed by atoms with Crippen LogP contribution in [0.5, 0.6) is 5.75 Å². The third-order valence-electron chi connectivity index (χ3n) is 3.47. The fraction of sp³-hybridized carbons (Fsp3) is 0.267. The van der Waals surface area contributed by atoms with Gasteiger partial charge in [-0.15, -0.1) is 0 Å². The van der Waals surface area contributed by atoms with E-state index < -0.39 is 0 Å². The van der Waals surface area contributed by atoms with Crippen molar-refractivity contribution in [1.82, 2.24) is 4.98 Å². The highest BCUT2D eigenvalue weighted by Crippen LogP contribution is 2.29. The van der Waals surface area contributed by atoms with Gasteiger partial charge in [0.25, 0.3) is 0 Å². The number of hydrogen-bond acceptors (Lipinski definition) is 4. The maximum Gasteiger partial charge on any atom is 0.123 e. The fourth-order valence-electron chi connectivity index (χ4n) is 2.47. The van der Waals surface area contributed by atoms with E-state index in [0.717, 1.165) is 24.2 Å². The van der Waals surface area contributed by atoms with Gasteiger partial charge in [-0.1, -0.05) is 18.2 Å². The number of nitrogens with two attached hydrogens (primary N) is 2. The molecule has 3 rings (SSSR count). The first-order valence-corrected chi connectivity index (χ1v) is 6.43. The van der Waals surface area contributed by atoms with E-state index >= 15 is 0 Å². The Morgan fingerprint density at radius 2 is 2.16 bits per heavy atom. The average Bonchev–Trinajstić information content (AvgIpc) is 2.82. The molecule has 2 aromatic rings. The second-order valence-electron chi connectivity index (χ2n) is 4.93. The van der Waals surface area contributed by atoms with Crippen LogP contribution in [0.3, 0.4) is 0 Å². The van der Waals surface area contributed by atoms with Gasteiger partial charge < -0.3 is 16.2 Å². The summed E-state index contributed by atoms with van der Waals surface area (Å²) in [5.74, 6) is 1.48. The molecular formula is C15H17N3O. The molecule has 1 aromatic heterocycles. The van der Waals surface area contributed by atoms with Crippen molar-refractivity contribution in [3.05, 3.63) is 53.7 Å². The molecule has 1 aliphatic rings. The number of nitrogens with zero attached hydrogens (tertiary/aromatic N) is 1. The van der Waals surface area contributed by atoms with Crippen molar-refractivity contribution in [2.45, 2.75) is 25.0 Å². The van der Waals surface area contributed by atoms with Gasteiger partial charge in [0, 0.05) is 18.7 Å². The summed E-state index contributed by atoms with van der Waals surface area (Å²) in [5.41, 5.74) is 14.3. The van der Waals surface area contributed by atoms with Crippen LogP contribution in [0.4, 0.5) is 5.82 Å². The Balaban J connectivity index is 1.68. The fourth-order valence-corrected chi connectivity index (χ4v) is 2.47. The summed E-state index contributed by atoms with van der Waals surface area (Å²) in [6, 6.07) is 11.9. The van der Waals surface area contributed by atoms with Gasteiger partial charge in [0.05, 0.1) is 0 Å². The number of para-hydroxylation sites is 1. The summed E-state index contributed by atoms with van der Waals surface area (Å²) >= 11 is 0. The lowest BCUT2D eigenvalue weighted by atomic mass is 9.99. The van der Waals surface area contributed by atoms with Crippen LogP contribution in [-0.4, -0.2) is 17.1 Å². The molecule has 4 heteroatoms. The lowest BCUT2D eigenvalue weighted by Crippen LogP contribution is -2.39. The first-order valence-electron chi connectivity index (χ1n) is 6.43. The van der Waals surface area contributed by atoms with Crippen LogP contribution in [0.25, 0.3) is 0 Å². The van der Waals surface area contributed by atoms with Crippen molar-refractivity contribution in [3.63, 3.8) is 0 Å². The van der Waals surface area contributed by atoms with Gasteiger partial charge in [-0.3, -0.25) is 0 Å². The van der Waals surface area contributed by atoms with E-state index in [0.29, 0.717) is 5.82 Å². The van der Waals surface area contributed by atoms with Gasteiger partial charge in [0.15, 0.2) is 0 Å². The van der Waals surface area contributed by atoms with Crippen molar-refractivity contribution in [2.24, 2.45) is 5.73 Å². The van der Waals surface area contributed by atoms with Gasteiger partial charge >= 0.3 is 0 Å². The van der Waals surface area contributed by atoms with Crippen molar-refractivity contribution >= 4 is 5.82 Å². The molecule has 1 aromatic carbocycles. The molecule has 0 saturated carbocycles. The molecule has 1 aliphatic heterocycles. The predicted octanol–water partition coefficient (Wildman–Crippen LogP) is 1.54. The zero-order valence-electron chi connectivity index (χ0n) is 10.6. The first kappa shape index (κ1) is 12.0. The Morgan fingerprint density at radius 1 is 1.32 bits per heavy atom. The smallest absolute Gasteiger partial charge is 0.123 e. The van der Waals surface area contributed by atoms with E-state index in [4.69, 9.17) is 16.2 Å². The van der Waals surface area contributed by atoms with Gasteiger partial charge in [0.2, 0.25) is 0 Å². The highest BCUT2D eigenvalue weighted by Gasteiger charge is 2.27.